The summed E-state index contributed by atoms with van der Waals surface area (Å²) in [5, 5.41) is 10.1. The van der Waals surface area contributed by atoms with Crippen LogP contribution in [-0.2, 0) is 24.3 Å². The molecule has 0 spiro atoms. The highest BCUT2D eigenvalue weighted by molar-refractivity contribution is 6.01. The van der Waals surface area contributed by atoms with E-state index in [-0.39, 0.29) is 30.0 Å². The fourth-order valence-electron chi connectivity index (χ4n) is 3.86. The number of likely N-dealkylation sites (N-methyl/N-ethyl adjacent to an activating group) is 1. The molecule has 0 radical (unpaired) electrons. The fraction of sp³-hybridized carbons (Fsp3) is 0.280. The molecule has 2 aromatic carbocycles. The van der Waals surface area contributed by atoms with Gasteiger partial charge in [-0.25, -0.2) is 0 Å². The van der Waals surface area contributed by atoms with Gasteiger partial charge in [0.1, 0.15) is 11.2 Å². The van der Waals surface area contributed by atoms with E-state index in [9.17, 15) is 14.4 Å². The molecule has 3 amide bonds. The molecule has 170 valence electrons. The van der Waals surface area contributed by atoms with E-state index < -0.39 is 5.54 Å². The SMILES string of the molecule is CN1C(=O)c2cc(C(=O)NCCc3ccccc3)nn2C[C@@]1(C)C(=O)NCc1ccccc1. The van der Waals surface area contributed by atoms with Crippen LogP contribution >= 0.6 is 0 Å². The second-order valence-corrected chi connectivity index (χ2v) is 8.37. The Morgan fingerprint density at radius 1 is 1.00 bits per heavy atom. The van der Waals surface area contributed by atoms with Crippen molar-refractivity contribution in [2.75, 3.05) is 13.6 Å². The third kappa shape index (κ3) is 4.64. The Morgan fingerprint density at radius 2 is 1.64 bits per heavy atom. The Balaban J connectivity index is 1.43. The van der Waals surface area contributed by atoms with Gasteiger partial charge in [0.15, 0.2) is 5.69 Å². The highest BCUT2D eigenvalue weighted by Gasteiger charge is 2.46. The van der Waals surface area contributed by atoms with Gasteiger partial charge >= 0.3 is 0 Å². The van der Waals surface area contributed by atoms with Crippen molar-refractivity contribution in [3.63, 3.8) is 0 Å². The lowest BCUT2D eigenvalue weighted by Crippen LogP contribution is -2.62. The van der Waals surface area contributed by atoms with Crippen molar-refractivity contribution in [3.8, 4) is 0 Å². The van der Waals surface area contributed by atoms with Gasteiger partial charge in [0.2, 0.25) is 5.91 Å². The number of rotatable bonds is 7. The van der Waals surface area contributed by atoms with E-state index in [0.717, 1.165) is 11.1 Å². The van der Waals surface area contributed by atoms with E-state index in [1.54, 1.807) is 14.0 Å². The average Bonchev–Trinajstić information content (AvgIpc) is 3.26. The second-order valence-electron chi connectivity index (χ2n) is 8.37. The Morgan fingerprint density at radius 3 is 2.30 bits per heavy atom. The highest BCUT2D eigenvalue weighted by Crippen LogP contribution is 2.26. The van der Waals surface area contributed by atoms with Crippen molar-refractivity contribution < 1.29 is 14.4 Å². The number of nitrogens with one attached hydrogen (secondary N) is 2. The molecule has 3 aromatic rings. The summed E-state index contributed by atoms with van der Waals surface area (Å²) in [5.41, 5.74) is 1.41. The zero-order chi connectivity index (χ0) is 23.4. The van der Waals surface area contributed by atoms with Gasteiger partial charge in [-0.2, -0.15) is 5.10 Å². The molecular formula is C25H27N5O3. The molecule has 1 aromatic heterocycles. The molecule has 8 heteroatoms. The lowest BCUT2D eigenvalue weighted by Gasteiger charge is -2.40. The lowest BCUT2D eigenvalue weighted by molar-refractivity contribution is -0.132. The zero-order valence-electron chi connectivity index (χ0n) is 18.7. The summed E-state index contributed by atoms with van der Waals surface area (Å²) < 4.78 is 1.45. The lowest BCUT2D eigenvalue weighted by atomic mass is 9.96. The molecule has 1 aliphatic heterocycles. The van der Waals surface area contributed by atoms with Gasteiger partial charge in [-0.05, 0) is 24.5 Å². The Labute approximate surface area is 192 Å². The minimum atomic E-state index is -1.13. The third-order valence-electron chi connectivity index (χ3n) is 6.06. The van der Waals surface area contributed by atoms with Gasteiger partial charge in [0.05, 0.1) is 6.54 Å². The molecule has 1 aliphatic rings. The van der Waals surface area contributed by atoms with Crippen molar-refractivity contribution in [2.24, 2.45) is 0 Å². The van der Waals surface area contributed by atoms with Gasteiger partial charge in [-0.1, -0.05) is 60.7 Å². The molecular weight excluding hydrogens is 418 g/mol. The molecule has 33 heavy (non-hydrogen) atoms. The highest BCUT2D eigenvalue weighted by atomic mass is 16.2. The largest absolute Gasteiger partial charge is 0.350 e. The number of benzene rings is 2. The van der Waals surface area contributed by atoms with E-state index >= 15 is 0 Å². The quantitative estimate of drug-likeness (QED) is 0.582. The Kier molecular flexibility index (Phi) is 6.26. The van der Waals surface area contributed by atoms with Crippen molar-refractivity contribution in [3.05, 3.63) is 89.2 Å². The number of nitrogens with zero attached hydrogens (tertiary/aromatic N) is 3. The first kappa shape index (κ1) is 22.3. The summed E-state index contributed by atoms with van der Waals surface area (Å²) in [6.07, 6.45) is 0.696. The zero-order valence-corrected chi connectivity index (χ0v) is 18.7. The van der Waals surface area contributed by atoms with Crippen LogP contribution in [-0.4, -0.2) is 51.5 Å². The summed E-state index contributed by atoms with van der Waals surface area (Å²) in [7, 11) is 1.60. The van der Waals surface area contributed by atoms with Crippen molar-refractivity contribution in [1.82, 2.24) is 25.3 Å². The molecule has 2 heterocycles. The maximum Gasteiger partial charge on any atom is 0.272 e. The van der Waals surface area contributed by atoms with Crippen LogP contribution in [0.4, 0.5) is 0 Å². The molecule has 2 N–H and O–H groups in total. The molecule has 1 atom stereocenters. The predicted molar refractivity (Wildman–Crippen MR) is 123 cm³/mol. The maximum absolute atomic E-state index is 13.1. The van der Waals surface area contributed by atoms with Crippen molar-refractivity contribution >= 4 is 17.7 Å². The van der Waals surface area contributed by atoms with Crippen LogP contribution in [0.2, 0.25) is 0 Å². The molecule has 0 saturated carbocycles. The minimum Gasteiger partial charge on any atom is -0.350 e. The first-order valence-electron chi connectivity index (χ1n) is 10.9. The summed E-state index contributed by atoms with van der Waals surface area (Å²) >= 11 is 0. The number of fused-ring (bicyclic) bond motifs is 1. The van der Waals surface area contributed by atoms with Gasteiger partial charge in [0.25, 0.3) is 11.8 Å². The van der Waals surface area contributed by atoms with Gasteiger partial charge < -0.3 is 15.5 Å². The molecule has 4 rings (SSSR count). The smallest absolute Gasteiger partial charge is 0.272 e. The van der Waals surface area contributed by atoms with E-state index in [0.29, 0.717) is 25.2 Å². The summed E-state index contributed by atoms with van der Waals surface area (Å²) in [5.74, 6) is -0.981. The Bertz CT molecular complexity index is 1160. The van der Waals surface area contributed by atoms with E-state index in [1.165, 1.54) is 15.6 Å². The number of aromatic nitrogens is 2. The van der Waals surface area contributed by atoms with Gasteiger partial charge in [-0.3, -0.25) is 19.1 Å². The summed E-state index contributed by atoms with van der Waals surface area (Å²) in [6, 6.07) is 20.9. The van der Waals surface area contributed by atoms with Gasteiger partial charge in [-0.15, -0.1) is 0 Å². The molecule has 0 unspecified atom stereocenters. The predicted octanol–water partition coefficient (Wildman–Crippen LogP) is 2.02. The summed E-state index contributed by atoms with van der Waals surface area (Å²) in [4.78, 5) is 40.1. The number of hydrogen-bond donors (Lipinski definition) is 2. The van der Waals surface area contributed by atoms with Crippen molar-refractivity contribution in [2.45, 2.75) is 32.0 Å². The van der Waals surface area contributed by atoms with Crippen LogP contribution in [0.25, 0.3) is 0 Å². The number of carbonyl (C=O) groups excluding carboxylic acids is 3. The van der Waals surface area contributed by atoms with Crippen LogP contribution in [0.15, 0.2) is 66.7 Å². The average molecular weight is 446 g/mol. The normalized spacial score (nSPS) is 17.4. The van der Waals surface area contributed by atoms with Gasteiger partial charge in [0, 0.05) is 26.2 Å². The number of hydrogen-bond acceptors (Lipinski definition) is 4. The topological polar surface area (TPSA) is 96.3 Å². The first-order valence-corrected chi connectivity index (χ1v) is 10.9. The van der Waals surface area contributed by atoms with E-state index in [4.69, 9.17) is 0 Å². The third-order valence-corrected chi connectivity index (χ3v) is 6.06. The number of carbonyl (C=O) groups is 3. The van der Waals surface area contributed by atoms with Crippen LogP contribution in [0.3, 0.4) is 0 Å². The minimum absolute atomic E-state index is 0.155. The number of amides is 3. The van der Waals surface area contributed by atoms with Crippen molar-refractivity contribution in [1.29, 1.82) is 0 Å². The maximum atomic E-state index is 13.1. The van der Waals surface area contributed by atoms with Crippen LogP contribution in [0, 0.1) is 0 Å². The standard InChI is InChI=1S/C25H27N5O3/c1-25(24(33)27-16-19-11-7-4-8-12-19)17-30-21(23(32)29(25)2)15-20(28-30)22(31)26-14-13-18-9-5-3-6-10-18/h3-12,15H,13-14,16-17H2,1-2H3,(H,26,31)(H,27,33)/t25-/m0/s1. The van der Waals surface area contributed by atoms with Crippen LogP contribution < -0.4 is 10.6 Å². The molecule has 0 aliphatic carbocycles. The molecule has 0 saturated heterocycles. The second kappa shape index (κ2) is 9.28. The first-order chi connectivity index (χ1) is 15.9. The van der Waals surface area contributed by atoms with Crippen LogP contribution in [0.5, 0.6) is 0 Å². The molecule has 8 nitrogen and oxygen atoms in total. The fourth-order valence-corrected chi connectivity index (χ4v) is 3.86. The summed E-state index contributed by atoms with van der Waals surface area (Å²) in [6.45, 7) is 2.68. The molecule has 0 bridgehead atoms. The molecule has 0 fully saturated rings. The van der Waals surface area contributed by atoms with E-state index in [2.05, 4.69) is 15.7 Å². The van der Waals surface area contributed by atoms with Crippen LogP contribution in [0.1, 0.15) is 39.0 Å². The van der Waals surface area contributed by atoms with E-state index in [1.807, 2.05) is 60.7 Å². The Hall–Kier alpha value is -3.94. The monoisotopic (exact) mass is 445 g/mol.